The second-order valence-electron chi connectivity index (χ2n) is 6.17. The van der Waals surface area contributed by atoms with E-state index in [0.717, 1.165) is 23.4 Å². The fourth-order valence-electron chi connectivity index (χ4n) is 2.94. The second kappa shape index (κ2) is 7.30. The highest BCUT2D eigenvalue weighted by Crippen LogP contribution is 2.33. The van der Waals surface area contributed by atoms with E-state index in [0.29, 0.717) is 26.3 Å². The Balaban J connectivity index is 1.51. The lowest BCUT2D eigenvalue weighted by Crippen LogP contribution is -2.58. The number of hydrogen-bond acceptors (Lipinski definition) is 4. The fraction of sp³-hybridized carbons (Fsp3) is 0.368. The number of methoxy groups -OCH3 is 1. The molecule has 1 N–H and O–H groups in total. The largest absolute Gasteiger partial charge is 0.491 e. The van der Waals surface area contributed by atoms with Gasteiger partial charge in [0, 0.05) is 26.7 Å². The van der Waals surface area contributed by atoms with Gasteiger partial charge in [-0.25, -0.2) is 4.39 Å². The third-order valence-corrected chi connectivity index (χ3v) is 4.24. The minimum atomic E-state index is -0.878. The van der Waals surface area contributed by atoms with E-state index in [4.69, 9.17) is 9.47 Å². The van der Waals surface area contributed by atoms with Crippen molar-refractivity contribution < 1.29 is 19.0 Å². The number of rotatable bonds is 7. The number of β-amino-alcohol motifs (C(OH)–C–C–N with tert-alkyl or cyclic N) is 1. The van der Waals surface area contributed by atoms with Crippen molar-refractivity contribution in [1.29, 1.82) is 0 Å². The Morgan fingerprint density at radius 2 is 1.71 bits per heavy atom. The molecule has 0 bridgehead atoms. The van der Waals surface area contributed by atoms with E-state index >= 15 is 0 Å². The molecule has 1 saturated heterocycles. The van der Waals surface area contributed by atoms with Gasteiger partial charge in [0.1, 0.15) is 23.8 Å². The van der Waals surface area contributed by atoms with Crippen LogP contribution in [0.4, 0.5) is 4.39 Å². The first-order valence-electron chi connectivity index (χ1n) is 8.00. The summed E-state index contributed by atoms with van der Waals surface area (Å²) in [7, 11) is 1.65. The van der Waals surface area contributed by atoms with Gasteiger partial charge in [0.05, 0.1) is 6.61 Å². The maximum atomic E-state index is 13.0. The molecule has 0 aliphatic carbocycles. The molecule has 1 heterocycles. The van der Waals surface area contributed by atoms with Crippen LogP contribution in [0.15, 0.2) is 48.5 Å². The zero-order valence-corrected chi connectivity index (χ0v) is 13.7. The van der Waals surface area contributed by atoms with Gasteiger partial charge in [-0.1, -0.05) is 24.3 Å². The number of ether oxygens (including phenoxy) is 2. The van der Waals surface area contributed by atoms with Crippen molar-refractivity contribution in [3.05, 3.63) is 65.5 Å². The Bertz CT molecular complexity index is 651. The van der Waals surface area contributed by atoms with Crippen molar-refractivity contribution in [3.8, 4) is 5.75 Å². The monoisotopic (exact) mass is 331 g/mol. The van der Waals surface area contributed by atoms with Crippen LogP contribution in [0.2, 0.25) is 0 Å². The number of benzene rings is 2. The highest BCUT2D eigenvalue weighted by Gasteiger charge is 2.42. The molecule has 24 heavy (non-hydrogen) atoms. The Labute approximate surface area is 141 Å². The minimum Gasteiger partial charge on any atom is -0.491 e. The van der Waals surface area contributed by atoms with Crippen LogP contribution in [0.3, 0.4) is 0 Å². The molecule has 0 unspecified atom stereocenters. The van der Waals surface area contributed by atoms with Crippen molar-refractivity contribution >= 4 is 0 Å². The van der Waals surface area contributed by atoms with Crippen molar-refractivity contribution in [2.45, 2.75) is 12.1 Å². The Morgan fingerprint density at radius 3 is 2.33 bits per heavy atom. The van der Waals surface area contributed by atoms with Crippen molar-refractivity contribution in [2.24, 2.45) is 0 Å². The zero-order valence-electron chi connectivity index (χ0n) is 13.7. The summed E-state index contributed by atoms with van der Waals surface area (Å²) in [6.07, 6.45) is 0. The van der Waals surface area contributed by atoms with Gasteiger partial charge in [-0.2, -0.15) is 0 Å². The van der Waals surface area contributed by atoms with Gasteiger partial charge in [0.15, 0.2) is 0 Å². The van der Waals surface area contributed by atoms with Crippen LogP contribution < -0.4 is 4.74 Å². The van der Waals surface area contributed by atoms with E-state index in [9.17, 15) is 9.50 Å². The molecular formula is C19H22FNO3. The number of nitrogens with zero attached hydrogens (tertiary/aromatic N) is 1. The average molecular weight is 331 g/mol. The predicted octanol–water partition coefficient (Wildman–Crippen LogP) is 2.55. The first-order valence-corrected chi connectivity index (χ1v) is 8.00. The summed E-state index contributed by atoms with van der Waals surface area (Å²) in [5.41, 5.74) is 1.05. The minimum absolute atomic E-state index is 0.286. The second-order valence-corrected chi connectivity index (χ2v) is 6.17. The van der Waals surface area contributed by atoms with Crippen molar-refractivity contribution in [1.82, 2.24) is 4.90 Å². The van der Waals surface area contributed by atoms with E-state index in [-0.39, 0.29) is 5.82 Å². The average Bonchev–Trinajstić information content (AvgIpc) is 2.56. The van der Waals surface area contributed by atoms with Gasteiger partial charge in [0.25, 0.3) is 0 Å². The molecule has 0 atom stereocenters. The number of likely N-dealkylation sites (tertiary alicyclic amines) is 1. The Morgan fingerprint density at radius 1 is 1.04 bits per heavy atom. The number of halogens is 1. The summed E-state index contributed by atoms with van der Waals surface area (Å²) in [6.45, 7) is 2.96. The first-order chi connectivity index (χ1) is 11.6. The number of aliphatic hydroxyl groups is 1. The van der Waals surface area contributed by atoms with E-state index in [1.54, 1.807) is 19.2 Å². The van der Waals surface area contributed by atoms with E-state index in [2.05, 4.69) is 4.90 Å². The van der Waals surface area contributed by atoms with Crippen LogP contribution >= 0.6 is 0 Å². The first kappa shape index (κ1) is 16.9. The summed E-state index contributed by atoms with van der Waals surface area (Å²) in [6, 6.07) is 14.0. The third kappa shape index (κ3) is 3.93. The van der Waals surface area contributed by atoms with Crippen LogP contribution in [-0.4, -0.2) is 43.4 Å². The van der Waals surface area contributed by atoms with E-state index in [1.165, 1.54) is 12.1 Å². The molecule has 4 nitrogen and oxygen atoms in total. The molecule has 0 radical (unpaired) electrons. The van der Waals surface area contributed by atoms with Gasteiger partial charge in [-0.15, -0.1) is 0 Å². The molecule has 1 fully saturated rings. The SMILES string of the molecule is COCCOc1ccc(CN2CC(O)(c3ccc(F)cc3)C2)cc1. The fourth-order valence-corrected chi connectivity index (χ4v) is 2.94. The van der Waals surface area contributed by atoms with Gasteiger partial charge in [0.2, 0.25) is 0 Å². The molecule has 3 rings (SSSR count). The molecule has 0 saturated carbocycles. The van der Waals surface area contributed by atoms with Crippen LogP contribution in [-0.2, 0) is 16.9 Å². The summed E-state index contributed by atoms with van der Waals surface area (Å²) in [5.74, 6) is 0.536. The van der Waals surface area contributed by atoms with Crippen molar-refractivity contribution in [3.63, 3.8) is 0 Å². The molecular weight excluding hydrogens is 309 g/mol. The van der Waals surface area contributed by atoms with Gasteiger partial charge >= 0.3 is 0 Å². The van der Waals surface area contributed by atoms with E-state index in [1.807, 2.05) is 24.3 Å². The highest BCUT2D eigenvalue weighted by molar-refractivity contribution is 5.29. The normalized spacial score (nSPS) is 16.6. The molecule has 0 amide bonds. The molecule has 2 aromatic rings. The summed E-state index contributed by atoms with van der Waals surface area (Å²) in [5, 5.41) is 10.6. The lowest BCUT2D eigenvalue weighted by molar-refractivity contribution is -0.108. The molecule has 128 valence electrons. The Hall–Kier alpha value is -1.95. The standard InChI is InChI=1S/C19H22FNO3/c1-23-10-11-24-18-8-2-15(3-9-18)12-21-13-19(22,14-21)16-4-6-17(20)7-5-16/h2-9,22H,10-14H2,1H3. The lowest BCUT2D eigenvalue weighted by atomic mass is 9.86. The molecule has 0 spiro atoms. The van der Waals surface area contributed by atoms with Crippen molar-refractivity contribution in [2.75, 3.05) is 33.4 Å². The quantitative estimate of drug-likeness (QED) is 0.792. The van der Waals surface area contributed by atoms with Gasteiger partial charge in [-0.05, 0) is 35.4 Å². The highest BCUT2D eigenvalue weighted by atomic mass is 19.1. The lowest BCUT2D eigenvalue weighted by Gasteiger charge is -2.47. The van der Waals surface area contributed by atoms with Crippen LogP contribution in [0, 0.1) is 5.82 Å². The maximum absolute atomic E-state index is 13.0. The summed E-state index contributed by atoms with van der Waals surface area (Å²) in [4.78, 5) is 2.16. The molecule has 1 aliphatic rings. The van der Waals surface area contributed by atoms with E-state index < -0.39 is 5.60 Å². The smallest absolute Gasteiger partial charge is 0.123 e. The van der Waals surface area contributed by atoms with Gasteiger partial charge in [-0.3, -0.25) is 4.90 Å². The molecule has 5 heteroatoms. The van der Waals surface area contributed by atoms with Crippen LogP contribution in [0.1, 0.15) is 11.1 Å². The maximum Gasteiger partial charge on any atom is 0.123 e. The summed E-state index contributed by atoms with van der Waals surface area (Å²) >= 11 is 0. The number of hydrogen-bond donors (Lipinski definition) is 1. The molecule has 1 aliphatic heterocycles. The third-order valence-electron chi connectivity index (χ3n) is 4.24. The zero-order chi connectivity index (χ0) is 17.0. The topological polar surface area (TPSA) is 41.9 Å². The van der Waals surface area contributed by atoms with Crippen LogP contribution in [0.25, 0.3) is 0 Å². The van der Waals surface area contributed by atoms with Gasteiger partial charge < -0.3 is 14.6 Å². The van der Waals surface area contributed by atoms with Crippen LogP contribution in [0.5, 0.6) is 5.75 Å². The molecule has 0 aromatic heterocycles. The Kier molecular flexibility index (Phi) is 5.14. The summed E-state index contributed by atoms with van der Waals surface area (Å²) < 4.78 is 23.5. The molecule has 2 aromatic carbocycles. The predicted molar refractivity (Wildman–Crippen MR) is 89.4 cm³/mol.